The van der Waals surface area contributed by atoms with Crippen LogP contribution in [0.4, 0.5) is 0 Å². The largest absolute Gasteiger partial charge is 0.497 e. The summed E-state index contributed by atoms with van der Waals surface area (Å²) in [6.07, 6.45) is 3.92. The first kappa shape index (κ1) is 20.2. The lowest BCUT2D eigenvalue weighted by Gasteiger charge is -2.07. The van der Waals surface area contributed by atoms with E-state index in [-0.39, 0.29) is 12.5 Å². The van der Waals surface area contributed by atoms with Crippen LogP contribution in [0.25, 0.3) is 16.9 Å². The quantitative estimate of drug-likeness (QED) is 0.418. The number of hydrogen-bond acceptors (Lipinski definition) is 5. The van der Waals surface area contributed by atoms with Gasteiger partial charge in [-0.3, -0.25) is 14.5 Å². The van der Waals surface area contributed by atoms with E-state index >= 15 is 0 Å². The third kappa shape index (κ3) is 3.94. The lowest BCUT2D eigenvalue weighted by molar-refractivity contribution is 0.0950. The van der Waals surface area contributed by atoms with Crippen molar-refractivity contribution in [1.29, 1.82) is 0 Å². The van der Waals surface area contributed by atoms with Gasteiger partial charge in [-0.25, -0.2) is 4.68 Å². The fourth-order valence-corrected chi connectivity index (χ4v) is 3.94. The van der Waals surface area contributed by atoms with Crippen LogP contribution in [0.5, 0.6) is 5.75 Å². The summed E-state index contributed by atoms with van der Waals surface area (Å²) in [6, 6.07) is 17.6. The van der Waals surface area contributed by atoms with E-state index < -0.39 is 0 Å². The van der Waals surface area contributed by atoms with Crippen molar-refractivity contribution in [3.05, 3.63) is 77.0 Å². The van der Waals surface area contributed by atoms with Gasteiger partial charge in [-0.1, -0.05) is 18.2 Å². The second kappa shape index (κ2) is 8.43. The molecule has 0 saturated heterocycles. The molecule has 1 saturated carbocycles. The molecule has 2 heterocycles. The molecule has 0 atom stereocenters. The highest BCUT2D eigenvalue weighted by molar-refractivity contribution is 7.71. The van der Waals surface area contributed by atoms with E-state index in [1.807, 2.05) is 59.2 Å². The van der Waals surface area contributed by atoms with Crippen LogP contribution in [-0.2, 0) is 6.54 Å². The first-order chi connectivity index (χ1) is 15.6. The minimum atomic E-state index is -0.228. The number of aromatic amines is 1. The number of ether oxygens (including phenoxy) is 1. The number of H-pyrrole nitrogens is 1. The van der Waals surface area contributed by atoms with E-state index in [0.29, 0.717) is 22.1 Å². The average Bonchev–Trinajstić information content (AvgIpc) is 3.45. The summed E-state index contributed by atoms with van der Waals surface area (Å²) in [5.41, 5.74) is 2.77. The Morgan fingerprint density at radius 1 is 1.19 bits per heavy atom. The van der Waals surface area contributed by atoms with Gasteiger partial charge in [0.25, 0.3) is 5.91 Å². The molecule has 2 N–H and O–H groups in total. The maximum absolute atomic E-state index is 13.2. The summed E-state index contributed by atoms with van der Waals surface area (Å²) in [6.45, 7) is 0.279. The lowest BCUT2D eigenvalue weighted by atomic mass is 10.1. The van der Waals surface area contributed by atoms with Gasteiger partial charge in [0.2, 0.25) is 0 Å². The normalized spacial score (nSPS) is 13.2. The van der Waals surface area contributed by atoms with Crippen LogP contribution in [0, 0.1) is 4.77 Å². The van der Waals surface area contributed by atoms with Crippen molar-refractivity contribution in [1.82, 2.24) is 29.9 Å². The van der Waals surface area contributed by atoms with Gasteiger partial charge in [0.15, 0.2) is 10.6 Å². The Morgan fingerprint density at radius 2 is 1.94 bits per heavy atom. The molecule has 2 aromatic carbocycles. The van der Waals surface area contributed by atoms with Crippen LogP contribution in [0.1, 0.15) is 35.1 Å². The van der Waals surface area contributed by atoms with Gasteiger partial charge in [0, 0.05) is 17.8 Å². The number of hydrogen-bond donors (Lipinski definition) is 2. The lowest BCUT2D eigenvalue weighted by Crippen LogP contribution is -2.25. The van der Waals surface area contributed by atoms with Crippen LogP contribution < -0.4 is 10.1 Å². The van der Waals surface area contributed by atoms with Crippen LogP contribution in [-0.4, -0.2) is 37.6 Å². The molecule has 0 bridgehead atoms. The van der Waals surface area contributed by atoms with E-state index in [2.05, 4.69) is 15.5 Å². The van der Waals surface area contributed by atoms with Crippen molar-refractivity contribution in [2.75, 3.05) is 7.11 Å². The molecule has 1 fully saturated rings. The number of amides is 1. The summed E-state index contributed by atoms with van der Waals surface area (Å²) in [4.78, 5) is 13.2. The minimum absolute atomic E-state index is 0.228. The molecule has 5 rings (SSSR count). The van der Waals surface area contributed by atoms with Crippen molar-refractivity contribution in [2.45, 2.75) is 25.4 Å². The predicted molar refractivity (Wildman–Crippen MR) is 122 cm³/mol. The number of nitrogens with one attached hydrogen (secondary N) is 2. The van der Waals surface area contributed by atoms with Gasteiger partial charge in [0.05, 0.1) is 24.9 Å². The summed E-state index contributed by atoms with van der Waals surface area (Å²) in [7, 11) is 1.62. The summed E-state index contributed by atoms with van der Waals surface area (Å²) < 4.78 is 9.56. The Morgan fingerprint density at radius 3 is 2.62 bits per heavy atom. The SMILES string of the molecule is COc1ccc(-c2nn(-c3ccccc3)cc2C(=O)NCc2n[nH]c(=S)n2C2CC2)cc1. The average molecular weight is 447 g/mol. The number of rotatable bonds is 7. The fraction of sp³-hybridized carbons (Fsp3) is 0.217. The van der Waals surface area contributed by atoms with Gasteiger partial charge in [-0.15, -0.1) is 0 Å². The molecule has 1 aliphatic rings. The molecular weight excluding hydrogens is 424 g/mol. The van der Waals surface area contributed by atoms with Crippen molar-refractivity contribution in [3.8, 4) is 22.7 Å². The Kier molecular flexibility index (Phi) is 5.32. The Labute approximate surface area is 189 Å². The summed E-state index contributed by atoms with van der Waals surface area (Å²) in [5.74, 6) is 1.24. The number of carbonyl (C=O) groups is 1. The van der Waals surface area contributed by atoms with Crippen LogP contribution in [0.3, 0.4) is 0 Å². The molecule has 4 aromatic rings. The number of para-hydroxylation sites is 1. The molecule has 1 aliphatic carbocycles. The number of nitrogens with zero attached hydrogens (tertiary/aromatic N) is 4. The monoisotopic (exact) mass is 446 g/mol. The molecule has 0 spiro atoms. The maximum Gasteiger partial charge on any atom is 0.255 e. The van der Waals surface area contributed by atoms with Gasteiger partial charge in [-0.2, -0.15) is 10.2 Å². The van der Waals surface area contributed by atoms with E-state index in [1.165, 1.54) is 0 Å². The predicted octanol–water partition coefficient (Wildman–Crippen LogP) is 4.07. The molecular formula is C23H22N6O2S. The smallest absolute Gasteiger partial charge is 0.255 e. The van der Waals surface area contributed by atoms with Gasteiger partial charge < -0.3 is 10.1 Å². The zero-order valence-electron chi connectivity index (χ0n) is 17.5. The third-order valence-corrected chi connectivity index (χ3v) is 5.73. The van der Waals surface area contributed by atoms with Crippen molar-refractivity contribution in [2.24, 2.45) is 0 Å². The molecule has 8 nitrogen and oxygen atoms in total. The Balaban J connectivity index is 1.46. The zero-order chi connectivity index (χ0) is 22.1. The number of methoxy groups -OCH3 is 1. The van der Waals surface area contributed by atoms with E-state index in [0.717, 1.165) is 35.7 Å². The second-order valence-corrected chi connectivity index (χ2v) is 8.02. The molecule has 162 valence electrons. The first-order valence-corrected chi connectivity index (χ1v) is 10.8. The van der Waals surface area contributed by atoms with Crippen molar-refractivity contribution in [3.63, 3.8) is 0 Å². The standard InChI is InChI=1S/C23H22N6O2S/c1-31-18-11-7-15(8-12-18)21-19(14-28(27-21)16-5-3-2-4-6-16)22(30)24-13-20-25-26-23(32)29(20)17-9-10-17/h2-8,11-12,14,17H,9-10,13H2,1H3,(H,24,30)(H,26,32). The molecule has 2 aromatic heterocycles. The van der Waals surface area contributed by atoms with E-state index in [4.69, 9.17) is 22.1 Å². The van der Waals surface area contributed by atoms with Gasteiger partial charge in [0.1, 0.15) is 11.4 Å². The Bertz CT molecular complexity index is 1300. The number of carbonyl (C=O) groups excluding carboxylic acids is 1. The number of benzene rings is 2. The van der Waals surface area contributed by atoms with Crippen molar-refractivity contribution >= 4 is 18.1 Å². The molecule has 0 radical (unpaired) electrons. The van der Waals surface area contributed by atoms with E-state index in [9.17, 15) is 4.79 Å². The third-order valence-electron chi connectivity index (χ3n) is 5.44. The summed E-state index contributed by atoms with van der Waals surface area (Å²) >= 11 is 5.33. The minimum Gasteiger partial charge on any atom is -0.497 e. The highest BCUT2D eigenvalue weighted by atomic mass is 32.1. The van der Waals surface area contributed by atoms with Crippen LogP contribution in [0.2, 0.25) is 0 Å². The zero-order valence-corrected chi connectivity index (χ0v) is 18.3. The fourth-order valence-electron chi connectivity index (χ4n) is 3.64. The highest BCUT2D eigenvalue weighted by Crippen LogP contribution is 2.35. The summed E-state index contributed by atoms with van der Waals surface area (Å²) in [5, 5.41) is 14.8. The van der Waals surface area contributed by atoms with Crippen LogP contribution >= 0.6 is 12.2 Å². The topological polar surface area (TPSA) is 89.8 Å². The molecule has 32 heavy (non-hydrogen) atoms. The molecule has 1 amide bonds. The van der Waals surface area contributed by atoms with Crippen molar-refractivity contribution < 1.29 is 9.53 Å². The Hall–Kier alpha value is -3.72. The van der Waals surface area contributed by atoms with E-state index in [1.54, 1.807) is 18.0 Å². The van der Waals surface area contributed by atoms with Gasteiger partial charge >= 0.3 is 0 Å². The maximum atomic E-state index is 13.2. The number of aromatic nitrogens is 5. The first-order valence-electron chi connectivity index (χ1n) is 10.4. The second-order valence-electron chi connectivity index (χ2n) is 7.63. The van der Waals surface area contributed by atoms with Crippen LogP contribution in [0.15, 0.2) is 60.8 Å². The highest BCUT2D eigenvalue weighted by Gasteiger charge is 2.27. The van der Waals surface area contributed by atoms with Gasteiger partial charge in [-0.05, 0) is 61.5 Å². The molecule has 0 unspecified atom stereocenters. The molecule has 9 heteroatoms. The molecule has 0 aliphatic heterocycles.